The monoisotopic (exact) mass is 289 g/mol. The van der Waals surface area contributed by atoms with Crippen molar-refractivity contribution >= 4 is 17.5 Å². The number of phenols is 1. The fourth-order valence-corrected chi connectivity index (χ4v) is 2.25. The molecule has 3 nitrogen and oxygen atoms in total. The minimum Gasteiger partial charge on any atom is -0.508 e. The van der Waals surface area contributed by atoms with Gasteiger partial charge in [0, 0.05) is 19.2 Å². The Kier molecular flexibility index (Phi) is 4.64. The van der Waals surface area contributed by atoms with E-state index in [9.17, 15) is 9.90 Å². The molecular formula is C16H16ClNO2. The van der Waals surface area contributed by atoms with Crippen LogP contribution < -0.4 is 0 Å². The number of para-hydroxylation sites is 1. The van der Waals surface area contributed by atoms with Gasteiger partial charge in [-0.2, -0.15) is 0 Å². The van der Waals surface area contributed by atoms with Crippen LogP contribution in [0.15, 0.2) is 54.6 Å². The molecule has 1 unspecified atom stereocenters. The predicted octanol–water partition coefficient (Wildman–Crippen LogP) is 3.33. The predicted molar refractivity (Wildman–Crippen MR) is 79.6 cm³/mol. The molecule has 0 saturated carbocycles. The van der Waals surface area contributed by atoms with E-state index >= 15 is 0 Å². The van der Waals surface area contributed by atoms with Crippen molar-refractivity contribution in [3.63, 3.8) is 0 Å². The summed E-state index contributed by atoms with van der Waals surface area (Å²) < 4.78 is 0. The molecule has 4 heteroatoms. The lowest BCUT2D eigenvalue weighted by molar-refractivity contribution is -0.130. The lowest BCUT2D eigenvalue weighted by Gasteiger charge is -2.21. The molecule has 20 heavy (non-hydrogen) atoms. The second kappa shape index (κ2) is 6.44. The number of carbonyl (C=O) groups excluding carboxylic acids is 1. The maximum absolute atomic E-state index is 12.3. The molecule has 1 amide bonds. The lowest BCUT2D eigenvalue weighted by atomic mass is 10.1. The molecule has 0 bridgehead atoms. The molecule has 0 aliphatic carbocycles. The van der Waals surface area contributed by atoms with E-state index in [2.05, 4.69) is 0 Å². The van der Waals surface area contributed by atoms with E-state index in [0.717, 1.165) is 5.56 Å². The number of carbonyl (C=O) groups is 1. The van der Waals surface area contributed by atoms with Crippen LogP contribution in [-0.4, -0.2) is 23.0 Å². The molecule has 0 heterocycles. The Bertz CT molecular complexity index is 586. The van der Waals surface area contributed by atoms with Gasteiger partial charge in [-0.3, -0.25) is 4.79 Å². The zero-order valence-corrected chi connectivity index (χ0v) is 11.9. The van der Waals surface area contributed by atoms with Crippen molar-refractivity contribution in [1.29, 1.82) is 0 Å². The number of hydrogen-bond acceptors (Lipinski definition) is 2. The standard InChI is InChI=1S/C16H16ClNO2/c1-18(11-13-9-5-6-10-14(13)19)16(20)15(17)12-7-3-2-4-8-12/h2-10,15,19H,11H2,1H3. The molecule has 0 fully saturated rings. The minimum atomic E-state index is -0.716. The molecule has 2 rings (SSSR count). The quantitative estimate of drug-likeness (QED) is 0.877. The molecule has 0 aliphatic rings. The number of amides is 1. The zero-order chi connectivity index (χ0) is 14.5. The highest BCUT2D eigenvalue weighted by Gasteiger charge is 2.21. The van der Waals surface area contributed by atoms with Crippen molar-refractivity contribution < 1.29 is 9.90 Å². The van der Waals surface area contributed by atoms with Crippen LogP contribution in [0.3, 0.4) is 0 Å². The number of hydrogen-bond donors (Lipinski definition) is 1. The Morgan fingerprint density at radius 2 is 1.75 bits per heavy atom. The summed E-state index contributed by atoms with van der Waals surface area (Å²) in [7, 11) is 1.67. The van der Waals surface area contributed by atoms with Crippen LogP contribution in [0.1, 0.15) is 16.5 Å². The lowest BCUT2D eigenvalue weighted by Crippen LogP contribution is -2.29. The Morgan fingerprint density at radius 3 is 2.40 bits per heavy atom. The summed E-state index contributed by atoms with van der Waals surface area (Å²) in [6.07, 6.45) is 0. The SMILES string of the molecule is CN(Cc1ccccc1O)C(=O)C(Cl)c1ccccc1. The molecule has 0 aromatic heterocycles. The Morgan fingerprint density at radius 1 is 1.15 bits per heavy atom. The van der Waals surface area contributed by atoms with Crippen LogP contribution in [0.4, 0.5) is 0 Å². The Labute approximate surface area is 123 Å². The first-order valence-electron chi connectivity index (χ1n) is 6.30. The van der Waals surface area contributed by atoms with Crippen molar-refractivity contribution in [2.24, 2.45) is 0 Å². The van der Waals surface area contributed by atoms with Crippen molar-refractivity contribution in [2.75, 3.05) is 7.05 Å². The minimum absolute atomic E-state index is 0.179. The normalized spacial score (nSPS) is 11.9. The van der Waals surface area contributed by atoms with Gasteiger partial charge in [-0.1, -0.05) is 48.5 Å². The number of phenolic OH excluding ortho intramolecular Hbond substituents is 1. The molecule has 1 atom stereocenters. The van der Waals surface area contributed by atoms with Crippen molar-refractivity contribution in [3.05, 3.63) is 65.7 Å². The number of likely N-dealkylation sites (N-methyl/N-ethyl adjacent to an activating group) is 1. The van der Waals surface area contributed by atoms with E-state index < -0.39 is 5.38 Å². The van der Waals surface area contributed by atoms with Gasteiger partial charge in [0.05, 0.1) is 0 Å². The first-order valence-corrected chi connectivity index (χ1v) is 6.74. The van der Waals surface area contributed by atoms with E-state index in [4.69, 9.17) is 11.6 Å². The summed E-state index contributed by atoms with van der Waals surface area (Å²) in [5.41, 5.74) is 1.46. The Balaban J connectivity index is 2.08. The average Bonchev–Trinajstić information content (AvgIpc) is 2.49. The van der Waals surface area contributed by atoms with Gasteiger partial charge in [-0.25, -0.2) is 0 Å². The fourth-order valence-electron chi connectivity index (χ4n) is 1.94. The van der Waals surface area contributed by atoms with Crippen LogP contribution in [0, 0.1) is 0 Å². The van der Waals surface area contributed by atoms with Crippen molar-refractivity contribution in [3.8, 4) is 5.75 Å². The van der Waals surface area contributed by atoms with E-state index in [1.807, 2.05) is 36.4 Å². The first-order chi connectivity index (χ1) is 9.59. The highest BCUT2D eigenvalue weighted by molar-refractivity contribution is 6.30. The summed E-state index contributed by atoms with van der Waals surface area (Å²) in [5.74, 6) is -0.0147. The van der Waals surface area contributed by atoms with Gasteiger partial charge in [-0.15, -0.1) is 11.6 Å². The number of benzene rings is 2. The number of nitrogens with zero attached hydrogens (tertiary/aromatic N) is 1. The summed E-state index contributed by atoms with van der Waals surface area (Å²) in [5, 5.41) is 9.01. The van der Waals surface area contributed by atoms with Crippen LogP contribution in [0.5, 0.6) is 5.75 Å². The third-order valence-corrected chi connectivity index (χ3v) is 3.52. The fraction of sp³-hybridized carbons (Fsp3) is 0.188. The second-order valence-electron chi connectivity index (χ2n) is 4.60. The molecule has 1 N–H and O–H groups in total. The maximum atomic E-state index is 12.3. The molecule has 2 aromatic rings. The first kappa shape index (κ1) is 14.4. The average molecular weight is 290 g/mol. The van der Waals surface area contributed by atoms with E-state index in [1.54, 1.807) is 25.2 Å². The maximum Gasteiger partial charge on any atom is 0.245 e. The van der Waals surface area contributed by atoms with Gasteiger partial charge >= 0.3 is 0 Å². The third kappa shape index (κ3) is 3.31. The summed E-state index contributed by atoms with van der Waals surface area (Å²) in [6, 6.07) is 16.2. The topological polar surface area (TPSA) is 40.5 Å². The van der Waals surface area contributed by atoms with E-state index in [1.165, 1.54) is 4.90 Å². The highest BCUT2D eigenvalue weighted by atomic mass is 35.5. The Hall–Kier alpha value is -2.00. The van der Waals surface area contributed by atoms with Gasteiger partial charge in [0.25, 0.3) is 0 Å². The third-order valence-electron chi connectivity index (χ3n) is 3.08. The molecule has 0 saturated heterocycles. The van der Waals surface area contributed by atoms with Gasteiger partial charge in [-0.05, 0) is 11.6 Å². The highest BCUT2D eigenvalue weighted by Crippen LogP contribution is 2.24. The number of halogens is 1. The molecule has 0 spiro atoms. The molecule has 0 aliphatic heterocycles. The number of alkyl halides is 1. The molecular weight excluding hydrogens is 274 g/mol. The summed E-state index contributed by atoms with van der Waals surface area (Å²) in [6.45, 7) is 0.321. The molecule has 0 radical (unpaired) electrons. The smallest absolute Gasteiger partial charge is 0.245 e. The zero-order valence-electron chi connectivity index (χ0n) is 11.2. The van der Waals surface area contributed by atoms with Crippen molar-refractivity contribution in [1.82, 2.24) is 4.90 Å². The van der Waals surface area contributed by atoms with Crippen molar-refractivity contribution in [2.45, 2.75) is 11.9 Å². The van der Waals surface area contributed by atoms with E-state index in [-0.39, 0.29) is 11.7 Å². The van der Waals surface area contributed by atoms with E-state index in [0.29, 0.717) is 12.1 Å². The van der Waals surface area contributed by atoms with Crippen LogP contribution >= 0.6 is 11.6 Å². The van der Waals surface area contributed by atoms with Gasteiger partial charge in [0.1, 0.15) is 11.1 Å². The van der Waals surface area contributed by atoms with Gasteiger partial charge in [0.15, 0.2) is 0 Å². The van der Waals surface area contributed by atoms with Gasteiger partial charge < -0.3 is 10.0 Å². The van der Waals surface area contributed by atoms with Crippen LogP contribution in [0.25, 0.3) is 0 Å². The largest absolute Gasteiger partial charge is 0.508 e. The summed E-state index contributed by atoms with van der Waals surface area (Å²) >= 11 is 6.20. The second-order valence-corrected chi connectivity index (χ2v) is 5.03. The summed E-state index contributed by atoms with van der Waals surface area (Å²) in [4.78, 5) is 13.8. The van der Waals surface area contributed by atoms with Crippen LogP contribution in [-0.2, 0) is 11.3 Å². The number of rotatable bonds is 4. The molecule has 2 aromatic carbocycles. The van der Waals surface area contributed by atoms with Gasteiger partial charge in [0.2, 0.25) is 5.91 Å². The number of aromatic hydroxyl groups is 1. The molecule has 104 valence electrons. The van der Waals surface area contributed by atoms with Crippen LogP contribution in [0.2, 0.25) is 0 Å².